The maximum atomic E-state index is 6.23. The van der Waals surface area contributed by atoms with Gasteiger partial charge in [-0.2, -0.15) is 0 Å². The molecule has 2 heterocycles. The summed E-state index contributed by atoms with van der Waals surface area (Å²) in [5, 5.41) is 1.08. The topological polar surface area (TPSA) is 42.1 Å². The van der Waals surface area contributed by atoms with E-state index in [1.54, 1.807) is 12.3 Å². The SMILES string of the molecule is Nc1ccc2c(c1)CCCN2Cc1cnc(Cl)cc1Cl. The van der Waals surface area contributed by atoms with Gasteiger partial charge in [-0.3, -0.25) is 0 Å². The summed E-state index contributed by atoms with van der Waals surface area (Å²) in [4.78, 5) is 6.42. The molecule has 3 nitrogen and oxygen atoms in total. The number of aryl methyl sites for hydroxylation is 1. The van der Waals surface area contributed by atoms with E-state index in [1.165, 1.54) is 11.3 Å². The molecule has 1 aromatic carbocycles. The Labute approximate surface area is 128 Å². The van der Waals surface area contributed by atoms with Crippen molar-refractivity contribution in [3.63, 3.8) is 0 Å². The number of hydrogen-bond donors (Lipinski definition) is 1. The van der Waals surface area contributed by atoms with Gasteiger partial charge in [-0.05, 0) is 42.7 Å². The zero-order valence-electron chi connectivity index (χ0n) is 10.9. The van der Waals surface area contributed by atoms with E-state index in [2.05, 4.69) is 22.0 Å². The monoisotopic (exact) mass is 307 g/mol. The first-order valence-corrected chi connectivity index (χ1v) is 7.32. The molecule has 1 aromatic heterocycles. The molecule has 104 valence electrons. The van der Waals surface area contributed by atoms with Gasteiger partial charge in [0.2, 0.25) is 0 Å². The number of pyridine rings is 1. The number of rotatable bonds is 2. The highest BCUT2D eigenvalue weighted by molar-refractivity contribution is 6.34. The molecule has 0 amide bonds. The first-order valence-electron chi connectivity index (χ1n) is 6.57. The number of fused-ring (bicyclic) bond motifs is 1. The van der Waals surface area contributed by atoms with E-state index >= 15 is 0 Å². The Bertz CT molecular complexity index is 643. The van der Waals surface area contributed by atoms with Crippen LogP contribution < -0.4 is 10.6 Å². The van der Waals surface area contributed by atoms with Crippen LogP contribution in [0.3, 0.4) is 0 Å². The van der Waals surface area contributed by atoms with Crippen molar-refractivity contribution in [3.8, 4) is 0 Å². The molecule has 0 unspecified atom stereocenters. The van der Waals surface area contributed by atoms with Crippen molar-refractivity contribution in [3.05, 3.63) is 51.8 Å². The molecule has 0 bridgehead atoms. The maximum Gasteiger partial charge on any atom is 0.130 e. The Morgan fingerprint density at radius 1 is 1.25 bits per heavy atom. The first kappa shape index (κ1) is 13.5. The van der Waals surface area contributed by atoms with Crippen LogP contribution in [0.2, 0.25) is 10.2 Å². The van der Waals surface area contributed by atoms with Gasteiger partial charge in [-0.15, -0.1) is 0 Å². The molecule has 0 saturated carbocycles. The number of nitrogens with two attached hydrogens (primary N) is 1. The van der Waals surface area contributed by atoms with Gasteiger partial charge in [-0.1, -0.05) is 23.2 Å². The van der Waals surface area contributed by atoms with E-state index in [1.807, 2.05) is 6.07 Å². The van der Waals surface area contributed by atoms with Gasteiger partial charge in [0.1, 0.15) is 5.15 Å². The minimum atomic E-state index is 0.422. The van der Waals surface area contributed by atoms with E-state index < -0.39 is 0 Å². The van der Waals surface area contributed by atoms with Crippen molar-refractivity contribution < 1.29 is 0 Å². The second-order valence-corrected chi connectivity index (χ2v) is 5.81. The van der Waals surface area contributed by atoms with E-state index in [0.29, 0.717) is 10.2 Å². The van der Waals surface area contributed by atoms with Gasteiger partial charge in [0.15, 0.2) is 0 Å². The van der Waals surface area contributed by atoms with Gasteiger partial charge >= 0.3 is 0 Å². The normalized spacial score (nSPS) is 14.2. The predicted molar refractivity (Wildman–Crippen MR) is 84.5 cm³/mol. The molecule has 0 saturated heterocycles. The third kappa shape index (κ3) is 2.69. The maximum absolute atomic E-state index is 6.23. The molecule has 2 aromatic rings. The van der Waals surface area contributed by atoms with Crippen molar-refractivity contribution in [2.75, 3.05) is 17.2 Å². The fourth-order valence-electron chi connectivity index (χ4n) is 2.62. The summed E-state index contributed by atoms with van der Waals surface area (Å²) >= 11 is 12.1. The van der Waals surface area contributed by atoms with Crippen molar-refractivity contribution in [2.45, 2.75) is 19.4 Å². The summed E-state index contributed by atoms with van der Waals surface area (Å²) in [5.41, 5.74) is 10.2. The lowest BCUT2D eigenvalue weighted by Gasteiger charge is -2.31. The number of anilines is 2. The van der Waals surface area contributed by atoms with E-state index in [0.717, 1.165) is 37.2 Å². The minimum Gasteiger partial charge on any atom is -0.399 e. The number of hydrogen-bond acceptors (Lipinski definition) is 3. The van der Waals surface area contributed by atoms with Crippen LogP contribution in [0.25, 0.3) is 0 Å². The number of aromatic nitrogens is 1. The van der Waals surface area contributed by atoms with Gasteiger partial charge in [0.25, 0.3) is 0 Å². The molecule has 1 aliphatic heterocycles. The Hall–Kier alpha value is -1.45. The average molecular weight is 308 g/mol. The number of nitrogen functional groups attached to an aromatic ring is 1. The van der Waals surface area contributed by atoms with Crippen LogP contribution in [0.15, 0.2) is 30.5 Å². The molecule has 0 spiro atoms. The first-order chi connectivity index (χ1) is 9.63. The van der Waals surface area contributed by atoms with E-state index in [9.17, 15) is 0 Å². The summed E-state index contributed by atoms with van der Waals surface area (Å²) in [5.74, 6) is 0. The van der Waals surface area contributed by atoms with Crippen LogP contribution in [0.5, 0.6) is 0 Å². The van der Waals surface area contributed by atoms with Crippen molar-refractivity contribution in [1.29, 1.82) is 0 Å². The fourth-order valence-corrected chi connectivity index (χ4v) is 3.04. The Morgan fingerprint density at radius 3 is 2.90 bits per heavy atom. The van der Waals surface area contributed by atoms with Gasteiger partial charge in [0, 0.05) is 36.2 Å². The van der Waals surface area contributed by atoms with Crippen molar-refractivity contribution in [2.24, 2.45) is 0 Å². The number of nitrogens with zero attached hydrogens (tertiary/aromatic N) is 2. The fraction of sp³-hybridized carbons (Fsp3) is 0.267. The van der Waals surface area contributed by atoms with Crippen LogP contribution >= 0.6 is 23.2 Å². The highest BCUT2D eigenvalue weighted by Gasteiger charge is 2.18. The summed E-state index contributed by atoms with van der Waals surface area (Å²) < 4.78 is 0. The van der Waals surface area contributed by atoms with Crippen LogP contribution in [0.1, 0.15) is 17.5 Å². The third-order valence-corrected chi connectivity index (χ3v) is 4.13. The van der Waals surface area contributed by atoms with Crippen molar-refractivity contribution >= 4 is 34.6 Å². The standard InChI is InChI=1S/C15H15Cl2N3/c16-13-7-15(17)19-8-11(13)9-20-5-1-2-10-6-12(18)3-4-14(10)20/h3-4,6-8H,1-2,5,9,18H2. The van der Waals surface area contributed by atoms with E-state index in [-0.39, 0.29) is 0 Å². The lowest BCUT2D eigenvalue weighted by atomic mass is 10.0. The predicted octanol–water partition coefficient (Wildman–Crippen LogP) is 3.92. The quantitative estimate of drug-likeness (QED) is 0.675. The number of halogens is 2. The molecule has 0 aliphatic carbocycles. The molecular formula is C15H15Cl2N3. The molecule has 0 atom stereocenters. The zero-order chi connectivity index (χ0) is 14.1. The Morgan fingerprint density at radius 2 is 2.10 bits per heavy atom. The largest absolute Gasteiger partial charge is 0.399 e. The van der Waals surface area contributed by atoms with Crippen molar-refractivity contribution in [1.82, 2.24) is 4.98 Å². The van der Waals surface area contributed by atoms with Gasteiger partial charge in [-0.25, -0.2) is 4.98 Å². The summed E-state index contributed by atoms with van der Waals surface area (Å²) in [7, 11) is 0. The minimum absolute atomic E-state index is 0.422. The van der Waals surface area contributed by atoms with Gasteiger partial charge < -0.3 is 10.6 Å². The second kappa shape index (κ2) is 5.51. The highest BCUT2D eigenvalue weighted by atomic mass is 35.5. The molecule has 20 heavy (non-hydrogen) atoms. The van der Waals surface area contributed by atoms with Crippen LogP contribution in [-0.2, 0) is 13.0 Å². The lowest BCUT2D eigenvalue weighted by molar-refractivity contribution is 0.690. The van der Waals surface area contributed by atoms with Crippen LogP contribution in [-0.4, -0.2) is 11.5 Å². The third-order valence-electron chi connectivity index (χ3n) is 3.58. The molecular weight excluding hydrogens is 293 g/mol. The average Bonchev–Trinajstić information content (AvgIpc) is 2.41. The smallest absolute Gasteiger partial charge is 0.130 e. The highest BCUT2D eigenvalue weighted by Crippen LogP contribution is 2.31. The molecule has 0 fully saturated rings. The zero-order valence-corrected chi connectivity index (χ0v) is 12.5. The van der Waals surface area contributed by atoms with E-state index in [4.69, 9.17) is 28.9 Å². The summed E-state index contributed by atoms with van der Waals surface area (Å²) in [6.45, 7) is 1.75. The second-order valence-electron chi connectivity index (χ2n) is 5.01. The lowest BCUT2D eigenvalue weighted by Crippen LogP contribution is -2.29. The van der Waals surface area contributed by atoms with Gasteiger partial charge in [0.05, 0.1) is 5.02 Å². The van der Waals surface area contributed by atoms with Crippen LogP contribution in [0, 0.1) is 0 Å². The molecule has 5 heteroatoms. The Kier molecular flexibility index (Phi) is 3.72. The molecule has 3 rings (SSSR count). The molecule has 0 radical (unpaired) electrons. The molecule has 1 aliphatic rings. The summed E-state index contributed by atoms with van der Waals surface area (Å²) in [6, 6.07) is 7.77. The van der Waals surface area contributed by atoms with Crippen LogP contribution in [0.4, 0.5) is 11.4 Å². The Balaban J connectivity index is 1.89. The summed E-state index contributed by atoms with van der Waals surface area (Å²) in [6.07, 6.45) is 3.94. The number of benzene rings is 1. The molecule has 2 N–H and O–H groups in total.